The van der Waals surface area contributed by atoms with Gasteiger partial charge in [-0.2, -0.15) is 0 Å². The van der Waals surface area contributed by atoms with Crippen molar-refractivity contribution >= 4 is 35.3 Å². The molecule has 0 aromatic carbocycles. The summed E-state index contributed by atoms with van der Waals surface area (Å²) in [6, 6.07) is 1.77. The molecular weight excluding hydrogens is 338 g/mol. The van der Waals surface area contributed by atoms with Crippen LogP contribution in [-0.2, 0) is 4.79 Å². The van der Waals surface area contributed by atoms with Gasteiger partial charge in [0, 0.05) is 32.2 Å². The van der Waals surface area contributed by atoms with Crippen molar-refractivity contribution in [3.63, 3.8) is 0 Å². The third-order valence-corrected chi connectivity index (χ3v) is 3.64. The largest absolute Gasteiger partial charge is 0.358 e. The molecule has 1 aromatic heterocycles. The highest BCUT2D eigenvalue weighted by Gasteiger charge is 2.11. The van der Waals surface area contributed by atoms with Crippen molar-refractivity contribution in [1.29, 1.82) is 0 Å². The molecule has 25 heavy (non-hydrogen) atoms. The highest BCUT2D eigenvalue weighted by molar-refractivity contribution is 7.97. The van der Waals surface area contributed by atoms with Gasteiger partial charge in [0.25, 0.3) is 0 Å². The Balaban J connectivity index is 2.69. The van der Waals surface area contributed by atoms with Crippen LogP contribution in [0.3, 0.4) is 0 Å². The fraction of sp³-hybridized carbons (Fsp3) is 0.625. The fourth-order valence-corrected chi connectivity index (χ4v) is 2.29. The molecule has 0 saturated heterocycles. The molecule has 0 radical (unpaired) electrons. The lowest BCUT2D eigenvalue weighted by Gasteiger charge is -2.20. The van der Waals surface area contributed by atoms with Gasteiger partial charge < -0.3 is 20.9 Å². The first-order chi connectivity index (χ1) is 11.7. The molecule has 0 fully saturated rings. The maximum absolute atomic E-state index is 11.8. The van der Waals surface area contributed by atoms with Crippen LogP contribution in [0, 0.1) is 6.92 Å². The molecule has 0 aliphatic carbocycles. The Morgan fingerprint density at radius 1 is 1.36 bits per heavy atom. The number of nitrogens with zero attached hydrogens (tertiary/aromatic N) is 4. The average Bonchev–Trinajstić information content (AvgIpc) is 2.52. The summed E-state index contributed by atoms with van der Waals surface area (Å²) in [5.41, 5.74) is 0. The zero-order chi connectivity index (χ0) is 19.0. The van der Waals surface area contributed by atoms with Gasteiger partial charge in [-0.05, 0) is 34.7 Å². The van der Waals surface area contributed by atoms with Crippen LogP contribution in [-0.4, -0.2) is 60.3 Å². The van der Waals surface area contributed by atoms with E-state index in [0.717, 1.165) is 5.82 Å². The molecular formula is C16H29N7OS. The van der Waals surface area contributed by atoms with Crippen LogP contribution in [0.1, 0.15) is 26.6 Å². The summed E-state index contributed by atoms with van der Waals surface area (Å²) in [7, 11) is 3.68. The minimum absolute atomic E-state index is 0.0262. The molecule has 0 unspecified atom stereocenters. The Morgan fingerprint density at radius 2 is 2.04 bits per heavy atom. The van der Waals surface area contributed by atoms with Crippen molar-refractivity contribution in [1.82, 2.24) is 20.6 Å². The summed E-state index contributed by atoms with van der Waals surface area (Å²) in [6.07, 6.45) is 0. The highest BCUT2D eigenvalue weighted by atomic mass is 32.1. The van der Waals surface area contributed by atoms with Crippen molar-refractivity contribution in [2.75, 3.05) is 37.4 Å². The summed E-state index contributed by atoms with van der Waals surface area (Å²) < 4.78 is 0. The van der Waals surface area contributed by atoms with Gasteiger partial charge in [0.15, 0.2) is 5.17 Å². The maximum atomic E-state index is 11.8. The molecule has 1 amide bonds. The van der Waals surface area contributed by atoms with E-state index in [2.05, 4.69) is 43.5 Å². The molecule has 1 aromatic rings. The monoisotopic (exact) mass is 367 g/mol. The van der Waals surface area contributed by atoms with Gasteiger partial charge in [-0.25, -0.2) is 9.97 Å². The smallest absolute Gasteiger partial charge is 0.236 e. The standard InChI is InChI=1S/C16H29N7OS/c1-10(2)19-16(25)22-13-9-14(21-12(4)20-13)23(6)8-7-18-15(24)11(3)17-5/h9-11,17H,7-8H2,1-6H3,(H,18,24)(H2,19,20,21,22,25)/t11-/m0/s1. The number of aliphatic imine (C=N–C) groups is 1. The van der Waals surface area contributed by atoms with Crippen LogP contribution in [0.15, 0.2) is 11.1 Å². The predicted molar refractivity (Wildman–Crippen MR) is 107 cm³/mol. The Kier molecular flexibility index (Phi) is 8.64. The van der Waals surface area contributed by atoms with Crippen molar-refractivity contribution in [3.05, 3.63) is 11.9 Å². The van der Waals surface area contributed by atoms with Crippen LogP contribution >= 0.6 is 12.6 Å². The number of carbonyl (C=O) groups excluding carboxylic acids is 1. The zero-order valence-corrected chi connectivity index (χ0v) is 16.7. The van der Waals surface area contributed by atoms with Crippen LogP contribution in [0.4, 0.5) is 11.6 Å². The lowest BCUT2D eigenvalue weighted by molar-refractivity contribution is -0.122. The highest BCUT2D eigenvalue weighted by Crippen LogP contribution is 2.15. The fourth-order valence-electron chi connectivity index (χ4n) is 1.95. The number of hydrogen-bond donors (Lipinski definition) is 4. The number of hydrogen-bond acceptors (Lipinski definition) is 6. The summed E-state index contributed by atoms with van der Waals surface area (Å²) in [4.78, 5) is 26.8. The minimum atomic E-state index is -0.212. The Bertz CT molecular complexity index is 606. The minimum Gasteiger partial charge on any atom is -0.358 e. The number of aryl methyl sites for hydroxylation is 1. The van der Waals surface area contributed by atoms with E-state index in [1.807, 2.05) is 45.7 Å². The lowest BCUT2D eigenvalue weighted by atomic mass is 10.3. The number of aromatic nitrogens is 2. The van der Waals surface area contributed by atoms with E-state index in [-0.39, 0.29) is 18.0 Å². The first-order valence-corrected chi connectivity index (χ1v) is 8.73. The molecule has 0 aliphatic heterocycles. The van der Waals surface area contributed by atoms with Crippen molar-refractivity contribution in [3.8, 4) is 0 Å². The van der Waals surface area contributed by atoms with E-state index >= 15 is 0 Å². The van der Waals surface area contributed by atoms with Crippen LogP contribution < -0.4 is 20.9 Å². The lowest BCUT2D eigenvalue weighted by Crippen LogP contribution is -2.43. The second-order valence-electron chi connectivity index (χ2n) is 6.05. The molecule has 1 rings (SSSR count). The molecule has 0 spiro atoms. The van der Waals surface area contributed by atoms with E-state index in [0.29, 0.717) is 29.9 Å². The molecule has 9 heteroatoms. The predicted octanol–water partition coefficient (Wildman–Crippen LogP) is 1.05. The number of likely N-dealkylation sites (N-methyl/N-ethyl adjacent to an activating group) is 2. The number of carbonyl (C=O) groups is 1. The quantitative estimate of drug-likeness (QED) is 0.312. The number of thiol groups is 1. The molecule has 3 N–H and O–H groups in total. The molecule has 0 aliphatic rings. The van der Waals surface area contributed by atoms with E-state index in [1.54, 1.807) is 7.05 Å². The number of amidine groups is 1. The third kappa shape index (κ3) is 7.70. The zero-order valence-electron chi connectivity index (χ0n) is 15.8. The molecule has 1 heterocycles. The van der Waals surface area contributed by atoms with Gasteiger partial charge >= 0.3 is 0 Å². The molecule has 140 valence electrons. The van der Waals surface area contributed by atoms with E-state index in [1.165, 1.54) is 0 Å². The van der Waals surface area contributed by atoms with Crippen LogP contribution in [0.2, 0.25) is 0 Å². The first kappa shape index (κ1) is 21.2. The SMILES string of the molecule is CN[C@@H](C)C(=O)NCCN(C)c1cc(N/C(S)=N/C(C)C)nc(C)n1. The van der Waals surface area contributed by atoms with Gasteiger partial charge in [-0.15, -0.1) is 12.6 Å². The maximum Gasteiger partial charge on any atom is 0.236 e. The number of amides is 1. The second-order valence-corrected chi connectivity index (χ2v) is 6.48. The van der Waals surface area contributed by atoms with Crippen molar-refractivity contribution in [2.24, 2.45) is 4.99 Å². The Morgan fingerprint density at radius 3 is 2.64 bits per heavy atom. The van der Waals surface area contributed by atoms with Crippen molar-refractivity contribution in [2.45, 2.75) is 39.8 Å². The van der Waals surface area contributed by atoms with E-state index in [4.69, 9.17) is 0 Å². The van der Waals surface area contributed by atoms with Gasteiger partial charge in [0.1, 0.15) is 17.5 Å². The van der Waals surface area contributed by atoms with E-state index in [9.17, 15) is 4.79 Å². The second kappa shape index (κ2) is 10.2. The summed E-state index contributed by atoms with van der Waals surface area (Å²) in [5.74, 6) is 2.01. The third-order valence-electron chi connectivity index (χ3n) is 3.41. The molecule has 0 saturated carbocycles. The van der Waals surface area contributed by atoms with Crippen LogP contribution in [0.25, 0.3) is 0 Å². The first-order valence-electron chi connectivity index (χ1n) is 8.28. The van der Waals surface area contributed by atoms with Crippen LogP contribution in [0.5, 0.6) is 0 Å². The molecule has 8 nitrogen and oxygen atoms in total. The van der Waals surface area contributed by atoms with Crippen molar-refractivity contribution < 1.29 is 4.79 Å². The summed E-state index contributed by atoms with van der Waals surface area (Å²) >= 11 is 4.32. The van der Waals surface area contributed by atoms with Gasteiger partial charge in [0.05, 0.1) is 6.04 Å². The van der Waals surface area contributed by atoms with Gasteiger partial charge in [-0.1, -0.05) is 0 Å². The Hall–Kier alpha value is -1.87. The van der Waals surface area contributed by atoms with Gasteiger partial charge in [0.2, 0.25) is 5.91 Å². The topological polar surface area (TPSA) is 94.5 Å². The molecule has 1 atom stereocenters. The van der Waals surface area contributed by atoms with Gasteiger partial charge in [-0.3, -0.25) is 9.79 Å². The number of rotatable bonds is 8. The van der Waals surface area contributed by atoms with E-state index < -0.39 is 0 Å². The average molecular weight is 368 g/mol. The summed E-state index contributed by atoms with van der Waals surface area (Å²) in [6.45, 7) is 8.76. The normalized spacial score (nSPS) is 12.9. The number of anilines is 2. The summed E-state index contributed by atoms with van der Waals surface area (Å²) in [5, 5.41) is 9.37. The molecule has 0 bridgehead atoms. The Labute approximate surface area is 155 Å². The number of nitrogens with one attached hydrogen (secondary N) is 3.